The predicted octanol–water partition coefficient (Wildman–Crippen LogP) is 2.87. The summed E-state index contributed by atoms with van der Waals surface area (Å²) in [5.41, 5.74) is 7.96. The number of rotatable bonds is 7. The van der Waals surface area contributed by atoms with Crippen LogP contribution < -0.4 is 5.73 Å². The molecule has 0 bridgehead atoms. The van der Waals surface area contributed by atoms with Gasteiger partial charge in [0.05, 0.1) is 0 Å². The molecule has 0 unspecified atom stereocenters. The molecule has 1 saturated heterocycles. The highest BCUT2D eigenvalue weighted by Gasteiger charge is 2.23. The third-order valence-electron chi connectivity index (χ3n) is 4.55. The lowest BCUT2D eigenvalue weighted by molar-refractivity contribution is 0.0712. The molecule has 1 aromatic carbocycles. The highest BCUT2D eigenvalue weighted by molar-refractivity contribution is 5.95. The number of likely N-dealkylation sites (tertiary alicyclic amines) is 1. The lowest BCUT2D eigenvalue weighted by Gasteiger charge is -2.31. The molecule has 2 N–H and O–H groups in total. The van der Waals surface area contributed by atoms with E-state index in [1.54, 1.807) is 0 Å². The smallest absolute Gasteiger partial charge is 0.254 e. The third-order valence-corrected chi connectivity index (χ3v) is 4.55. The summed E-state index contributed by atoms with van der Waals surface area (Å²) < 4.78 is 0. The van der Waals surface area contributed by atoms with E-state index in [1.165, 1.54) is 0 Å². The second-order valence-electron chi connectivity index (χ2n) is 6.56. The van der Waals surface area contributed by atoms with Crippen molar-refractivity contribution in [2.45, 2.75) is 52.1 Å². The van der Waals surface area contributed by atoms with Crippen molar-refractivity contribution in [3.05, 3.63) is 35.4 Å². The van der Waals surface area contributed by atoms with E-state index in [2.05, 4.69) is 24.8 Å². The molecule has 0 saturated carbocycles. The van der Waals surface area contributed by atoms with E-state index in [0.29, 0.717) is 0 Å². The van der Waals surface area contributed by atoms with Crippen molar-refractivity contribution in [3.8, 4) is 0 Å². The molecule has 0 atom stereocenters. The first kappa shape index (κ1) is 18.0. The van der Waals surface area contributed by atoms with E-state index in [0.717, 1.165) is 69.5 Å². The summed E-state index contributed by atoms with van der Waals surface area (Å²) in [6.45, 7) is 8.98. The lowest BCUT2D eigenvalue weighted by Crippen LogP contribution is -2.43. The number of carbonyl (C=O) groups excluding carboxylic acids is 1. The molecule has 1 aliphatic heterocycles. The van der Waals surface area contributed by atoms with Crippen LogP contribution in [0.15, 0.2) is 24.3 Å². The van der Waals surface area contributed by atoms with Gasteiger partial charge in [-0.25, -0.2) is 0 Å². The van der Waals surface area contributed by atoms with Gasteiger partial charge in [0.2, 0.25) is 0 Å². The normalized spacial score (nSPS) is 16.1. The molecule has 0 radical (unpaired) electrons. The number of nitrogens with two attached hydrogens (primary N) is 1. The average Bonchev–Trinajstić information content (AvgIpc) is 2.56. The molecular formula is C19H31N3O. The van der Waals surface area contributed by atoms with Gasteiger partial charge in [-0.2, -0.15) is 0 Å². The fourth-order valence-electron chi connectivity index (χ4n) is 3.28. The highest BCUT2D eigenvalue weighted by Crippen LogP contribution is 2.18. The van der Waals surface area contributed by atoms with Gasteiger partial charge in [0.25, 0.3) is 5.91 Å². The van der Waals surface area contributed by atoms with Crippen LogP contribution in [0.25, 0.3) is 0 Å². The van der Waals surface area contributed by atoms with Crippen molar-refractivity contribution in [1.82, 2.24) is 9.80 Å². The van der Waals surface area contributed by atoms with Crippen LogP contribution in [0.5, 0.6) is 0 Å². The Morgan fingerprint density at radius 3 is 2.39 bits per heavy atom. The van der Waals surface area contributed by atoms with E-state index in [4.69, 9.17) is 5.73 Å². The van der Waals surface area contributed by atoms with Crippen LogP contribution in [0.1, 0.15) is 55.5 Å². The number of benzene rings is 1. The monoisotopic (exact) mass is 317 g/mol. The largest absolute Gasteiger partial charge is 0.339 e. The fraction of sp³-hybridized carbons (Fsp3) is 0.632. The molecule has 1 amide bonds. The minimum Gasteiger partial charge on any atom is -0.339 e. The number of amides is 1. The first-order valence-corrected chi connectivity index (χ1v) is 9.00. The maximum atomic E-state index is 12.9. The van der Waals surface area contributed by atoms with Crippen molar-refractivity contribution in [2.75, 3.05) is 26.2 Å². The van der Waals surface area contributed by atoms with Crippen LogP contribution in [-0.4, -0.2) is 47.9 Å². The summed E-state index contributed by atoms with van der Waals surface area (Å²) in [5, 5.41) is 0. The van der Waals surface area contributed by atoms with Crippen molar-refractivity contribution < 1.29 is 4.79 Å². The predicted molar refractivity (Wildman–Crippen MR) is 95.4 cm³/mol. The summed E-state index contributed by atoms with van der Waals surface area (Å²) in [5.74, 6) is 0.167. The quantitative estimate of drug-likeness (QED) is 0.841. The molecule has 4 heteroatoms. The van der Waals surface area contributed by atoms with Gasteiger partial charge in [0, 0.05) is 31.2 Å². The Bertz CT molecular complexity index is 489. The molecule has 0 spiro atoms. The second kappa shape index (κ2) is 9.04. The second-order valence-corrected chi connectivity index (χ2v) is 6.56. The Balaban J connectivity index is 2.11. The van der Waals surface area contributed by atoms with Gasteiger partial charge in [-0.1, -0.05) is 32.0 Å². The number of carbonyl (C=O) groups is 1. The molecule has 1 aromatic rings. The topological polar surface area (TPSA) is 49.6 Å². The summed E-state index contributed by atoms with van der Waals surface area (Å²) in [6.07, 6.45) is 4.09. The van der Waals surface area contributed by atoms with Gasteiger partial charge in [-0.05, 0) is 50.4 Å². The maximum Gasteiger partial charge on any atom is 0.254 e. The Hall–Kier alpha value is -1.39. The van der Waals surface area contributed by atoms with Crippen LogP contribution in [0.4, 0.5) is 0 Å². The van der Waals surface area contributed by atoms with E-state index in [9.17, 15) is 4.79 Å². The van der Waals surface area contributed by atoms with E-state index < -0.39 is 0 Å². The molecule has 2 rings (SSSR count). The Labute approximate surface area is 140 Å². The van der Waals surface area contributed by atoms with Gasteiger partial charge in [-0.3, -0.25) is 9.69 Å². The molecule has 1 aliphatic rings. The molecule has 23 heavy (non-hydrogen) atoms. The number of hydrogen-bond donors (Lipinski definition) is 1. The molecule has 1 fully saturated rings. The van der Waals surface area contributed by atoms with Crippen LogP contribution in [0.3, 0.4) is 0 Å². The summed E-state index contributed by atoms with van der Waals surface area (Å²) >= 11 is 0. The minimum absolute atomic E-state index is 0.167. The number of hydrogen-bond acceptors (Lipinski definition) is 3. The van der Waals surface area contributed by atoms with Crippen molar-refractivity contribution >= 4 is 5.91 Å². The minimum atomic E-state index is 0.167. The van der Waals surface area contributed by atoms with E-state index in [-0.39, 0.29) is 11.9 Å². The van der Waals surface area contributed by atoms with Crippen molar-refractivity contribution in [2.24, 2.45) is 5.73 Å². The van der Waals surface area contributed by atoms with Crippen LogP contribution in [0.2, 0.25) is 0 Å². The van der Waals surface area contributed by atoms with E-state index in [1.807, 2.05) is 23.1 Å². The SMILES string of the molecule is CCCN(CCC)Cc1ccccc1C(=O)N1CCC(N)CC1. The van der Waals surface area contributed by atoms with Gasteiger partial charge >= 0.3 is 0 Å². The van der Waals surface area contributed by atoms with Gasteiger partial charge in [-0.15, -0.1) is 0 Å². The third kappa shape index (κ3) is 5.05. The first-order chi connectivity index (χ1) is 11.2. The van der Waals surface area contributed by atoms with Crippen molar-refractivity contribution in [1.29, 1.82) is 0 Å². The van der Waals surface area contributed by atoms with Crippen LogP contribution in [-0.2, 0) is 6.54 Å². The highest BCUT2D eigenvalue weighted by atomic mass is 16.2. The Morgan fingerprint density at radius 1 is 1.17 bits per heavy atom. The van der Waals surface area contributed by atoms with Gasteiger partial charge in [0.15, 0.2) is 0 Å². The average molecular weight is 317 g/mol. The molecule has 1 heterocycles. The zero-order valence-corrected chi connectivity index (χ0v) is 14.6. The molecule has 4 nitrogen and oxygen atoms in total. The maximum absolute atomic E-state index is 12.9. The van der Waals surface area contributed by atoms with E-state index >= 15 is 0 Å². The first-order valence-electron chi connectivity index (χ1n) is 9.00. The standard InChI is InChI=1S/C19H31N3O/c1-3-11-21(12-4-2)15-16-7-5-6-8-18(16)19(23)22-13-9-17(20)10-14-22/h5-8,17H,3-4,9-15,20H2,1-2H3. The van der Waals surface area contributed by atoms with Gasteiger partial charge < -0.3 is 10.6 Å². The molecule has 0 aromatic heterocycles. The summed E-state index contributed by atoms with van der Waals surface area (Å²) in [7, 11) is 0. The summed E-state index contributed by atoms with van der Waals surface area (Å²) in [4.78, 5) is 17.3. The zero-order chi connectivity index (χ0) is 16.7. The Kier molecular flexibility index (Phi) is 7.06. The number of nitrogens with zero attached hydrogens (tertiary/aromatic N) is 2. The molecule has 128 valence electrons. The summed E-state index contributed by atoms with van der Waals surface area (Å²) in [6, 6.07) is 8.33. The van der Waals surface area contributed by atoms with Gasteiger partial charge in [0.1, 0.15) is 0 Å². The van der Waals surface area contributed by atoms with Crippen LogP contribution >= 0.6 is 0 Å². The molecule has 0 aliphatic carbocycles. The zero-order valence-electron chi connectivity index (χ0n) is 14.6. The fourth-order valence-corrected chi connectivity index (χ4v) is 3.28. The molecular weight excluding hydrogens is 286 g/mol. The Morgan fingerprint density at radius 2 is 1.78 bits per heavy atom. The van der Waals surface area contributed by atoms with Crippen molar-refractivity contribution in [3.63, 3.8) is 0 Å². The lowest BCUT2D eigenvalue weighted by atomic mass is 10.0. The number of piperidine rings is 1. The van der Waals surface area contributed by atoms with Crippen LogP contribution in [0, 0.1) is 0 Å².